The van der Waals surface area contributed by atoms with Crippen LogP contribution in [0.25, 0.3) is 16.7 Å². The molecular formula is C16H12N4O2. The van der Waals surface area contributed by atoms with Gasteiger partial charge in [-0.3, -0.25) is 14.0 Å². The average Bonchev–Trinajstić information content (AvgIpc) is 2.90. The monoisotopic (exact) mass is 292 g/mol. The first-order valence-corrected chi connectivity index (χ1v) is 6.84. The van der Waals surface area contributed by atoms with E-state index >= 15 is 0 Å². The molecule has 6 heteroatoms. The third-order valence-electron chi connectivity index (χ3n) is 3.79. The number of nitrogen functional groups attached to an aromatic ring is 1. The van der Waals surface area contributed by atoms with E-state index in [1.165, 1.54) is 0 Å². The van der Waals surface area contributed by atoms with Crippen LogP contribution in [0.15, 0.2) is 58.1 Å². The SMILES string of the molecule is Nn1c(=O)c2cccc3nc(Cc4ccccc4)c(c1=O)n32. The summed E-state index contributed by atoms with van der Waals surface area (Å²) >= 11 is 0. The van der Waals surface area contributed by atoms with Gasteiger partial charge in [0.1, 0.15) is 16.7 Å². The van der Waals surface area contributed by atoms with Crippen molar-refractivity contribution in [1.82, 2.24) is 14.1 Å². The fraction of sp³-hybridized carbons (Fsp3) is 0.0625. The summed E-state index contributed by atoms with van der Waals surface area (Å²) < 4.78 is 2.24. The van der Waals surface area contributed by atoms with Crippen LogP contribution in [0, 0.1) is 0 Å². The molecule has 0 atom stereocenters. The number of aromatic nitrogens is 3. The number of imidazole rings is 1. The number of nitrogens with two attached hydrogens (primary N) is 1. The van der Waals surface area contributed by atoms with Crippen LogP contribution in [-0.4, -0.2) is 14.1 Å². The fourth-order valence-electron chi connectivity index (χ4n) is 2.77. The lowest BCUT2D eigenvalue weighted by Gasteiger charge is -2.04. The first-order chi connectivity index (χ1) is 10.7. The van der Waals surface area contributed by atoms with Gasteiger partial charge in [0.25, 0.3) is 11.1 Å². The lowest BCUT2D eigenvalue weighted by atomic mass is 10.1. The van der Waals surface area contributed by atoms with Crippen molar-refractivity contribution in [3.8, 4) is 0 Å². The van der Waals surface area contributed by atoms with Gasteiger partial charge in [-0.2, -0.15) is 4.68 Å². The second-order valence-electron chi connectivity index (χ2n) is 5.15. The van der Waals surface area contributed by atoms with E-state index in [0.29, 0.717) is 33.5 Å². The Morgan fingerprint density at radius 1 is 0.955 bits per heavy atom. The number of nitrogens with zero attached hydrogens (tertiary/aromatic N) is 3. The predicted octanol–water partition coefficient (Wildman–Crippen LogP) is 0.752. The highest BCUT2D eigenvalue weighted by Crippen LogP contribution is 2.17. The first-order valence-electron chi connectivity index (χ1n) is 6.84. The highest BCUT2D eigenvalue weighted by atomic mass is 16.2. The highest BCUT2D eigenvalue weighted by Gasteiger charge is 2.18. The summed E-state index contributed by atoms with van der Waals surface area (Å²) in [5.74, 6) is 5.63. The van der Waals surface area contributed by atoms with Gasteiger partial charge in [-0.25, -0.2) is 4.98 Å². The standard InChI is InChI=1S/C16H12N4O2/c17-20-15(21)12-7-4-8-13-18-11(14(16(20)22)19(12)13)9-10-5-2-1-3-6-10/h1-8H,9,17H2. The molecule has 4 aromatic rings. The summed E-state index contributed by atoms with van der Waals surface area (Å²) in [6.07, 6.45) is 0.505. The number of benzene rings is 1. The number of rotatable bonds is 2. The van der Waals surface area contributed by atoms with E-state index in [1.807, 2.05) is 30.3 Å². The van der Waals surface area contributed by atoms with E-state index in [-0.39, 0.29) is 0 Å². The normalized spacial score (nSPS) is 11.5. The van der Waals surface area contributed by atoms with Gasteiger partial charge in [0.2, 0.25) is 0 Å². The minimum Gasteiger partial charge on any atom is -0.333 e. The third-order valence-corrected chi connectivity index (χ3v) is 3.79. The van der Waals surface area contributed by atoms with Crippen molar-refractivity contribution in [1.29, 1.82) is 0 Å². The van der Waals surface area contributed by atoms with E-state index in [0.717, 1.165) is 5.56 Å². The van der Waals surface area contributed by atoms with Crippen LogP contribution in [0.3, 0.4) is 0 Å². The molecule has 0 aliphatic carbocycles. The maximum Gasteiger partial charge on any atom is 0.298 e. The Morgan fingerprint density at radius 3 is 2.50 bits per heavy atom. The summed E-state index contributed by atoms with van der Waals surface area (Å²) in [7, 11) is 0. The zero-order chi connectivity index (χ0) is 15.3. The summed E-state index contributed by atoms with van der Waals surface area (Å²) in [6, 6.07) is 14.9. The molecule has 0 aliphatic heterocycles. The van der Waals surface area contributed by atoms with Gasteiger partial charge in [-0.1, -0.05) is 36.4 Å². The van der Waals surface area contributed by atoms with Gasteiger partial charge in [0, 0.05) is 6.42 Å². The van der Waals surface area contributed by atoms with Crippen LogP contribution in [0.4, 0.5) is 0 Å². The maximum absolute atomic E-state index is 12.4. The fourth-order valence-corrected chi connectivity index (χ4v) is 2.77. The lowest BCUT2D eigenvalue weighted by molar-refractivity contribution is 0.889. The van der Waals surface area contributed by atoms with Crippen LogP contribution in [-0.2, 0) is 6.42 Å². The van der Waals surface area contributed by atoms with Gasteiger partial charge in [-0.15, -0.1) is 0 Å². The van der Waals surface area contributed by atoms with Crippen molar-refractivity contribution in [3.05, 3.63) is 80.5 Å². The smallest absolute Gasteiger partial charge is 0.298 e. The van der Waals surface area contributed by atoms with Crippen LogP contribution in [0.2, 0.25) is 0 Å². The molecule has 0 radical (unpaired) electrons. The molecule has 0 saturated heterocycles. The highest BCUT2D eigenvalue weighted by molar-refractivity contribution is 5.70. The van der Waals surface area contributed by atoms with Crippen molar-refractivity contribution in [2.24, 2.45) is 0 Å². The van der Waals surface area contributed by atoms with Crippen molar-refractivity contribution in [3.63, 3.8) is 0 Å². The van der Waals surface area contributed by atoms with E-state index in [9.17, 15) is 9.59 Å². The molecule has 1 aromatic carbocycles. The molecule has 3 aromatic heterocycles. The van der Waals surface area contributed by atoms with E-state index < -0.39 is 11.1 Å². The van der Waals surface area contributed by atoms with Gasteiger partial charge >= 0.3 is 0 Å². The summed E-state index contributed by atoms with van der Waals surface area (Å²) in [6.45, 7) is 0. The largest absolute Gasteiger partial charge is 0.333 e. The Bertz CT molecular complexity index is 1100. The van der Waals surface area contributed by atoms with Crippen molar-refractivity contribution in [2.45, 2.75) is 6.42 Å². The number of hydrogen-bond acceptors (Lipinski definition) is 4. The van der Waals surface area contributed by atoms with Gasteiger partial charge in [0.15, 0.2) is 0 Å². The molecule has 2 N–H and O–H groups in total. The minimum absolute atomic E-state index is 0.349. The second-order valence-corrected chi connectivity index (χ2v) is 5.15. The summed E-state index contributed by atoms with van der Waals surface area (Å²) in [5, 5.41) is 0. The molecule has 6 nitrogen and oxygen atoms in total. The molecule has 0 unspecified atom stereocenters. The van der Waals surface area contributed by atoms with Gasteiger partial charge in [-0.05, 0) is 17.7 Å². The summed E-state index contributed by atoms with van der Waals surface area (Å²) in [4.78, 5) is 29.0. The molecule has 3 heterocycles. The summed E-state index contributed by atoms with van der Waals surface area (Å²) in [5.41, 5.74) is 1.89. The molecule has 0 bridgehead atoms. The zero-order valence-electron chi connectivity index (χ0n) is 11.6. The molecule has 108 valence electrons. The lowest BCUT2D eigenvalue weighted by Crippen LogP contribution is -2.40. The van der Waals surface area contributed by atoms with Crippen molar-refractivity contribution < 1.29 is 0 Å². The van der Waals surface area contributed by atoms with Crippen LogP contribution in [0.5, 0.6) is 0 Å². The number of pyridine rings is 1. The van der Waals surface area contributed by atoms with E-state index in [2.05, 4.69) is 4.98 Å². The van der Waals surface area contributed by atoms with Crippen molar-refractivity contribution >= 4 is 16.7 Å². The second kappa shape index (κ2) is 4.42. The van der Waals surface area contributed by atoms with Crippen LogP contribution < -0.4 is 17.0 Å². The molecule has 0 saturated carbocycles. The van der Waals surface area contributed by atoms with Gasteiger partial charge < -0.3 is 5.84 Å². The third kappa shape index (κ3) is 1.64. The Hall–Kier alpha value is -3.15. The Labute approximate surface area is 124 Å². The topological polar surface area (TPSA) is 82.4 Å². The minimum atomic E-state index is -0.526. The quantitative estimate of drug-likeness (QED) is 0.553. The number of hydrogen-bond donors (Lipinski definition) is 1. The molecule has 22 heavy (non-hydrogen) atoms. The van der Waals surface area contributed by atoms with Crippen molar-refractivity contribution in [2.75, 3.05) is 5.84 Å². The maximum atomic E-state index is 12.4. The van der Waals surface area contributed by atoms with Crippen LogP contribution in [0.1, 0.15) is 11.3 Å². The molecule has 0 fully saturated rings. The van der Waals surface area contributed by atoms with E-state index in [1.54, 1.807) is 22.6 Å². The van der Waals surface area contributed by atoms with Gasteiger partial charge in [0.05, 0.1) is 5.69 Å². The zero-order valence-corrected chi connectivity index (χ0v) is 11.6. The predicted molar refractivity (Wildman–Crippen MR) is 83.8 cm³/mol. The molecule has 0 aliphatic rings. The molecule has 4 rings (SSSR count). The molecular weight excluding hydrogens is 280 g/mol. The average molecular weight is 292 g/mol. The molecule has 0 spiro atoms. The Kier molecular flexibility index (Phi) is 2.53. The Balaban J connectivity index is 2.09. The molecule has 0 amide bonds. The van der Waals surface area contributed by atoms with E-state index in [4.69, 9.17) is 5.84 Å². The first kappa shape index (κ1) is 12.6. The Morgan fingerprint density at radius 2 is 1.73 bits per heavy atom. The van der Waals surface area contributed by atoms with Crippen LogP contribution >= 0.6 is 0 Å².